The van der Waals surface area contributed by atoms with Crippen molar-refractivity contribution in [2.45, 2.75) is 206 Å². The van der Waals surface area contributed by atoms with Crippen LogP contribution < -0.4 is 26.8 Å². The number of benzene rings is 5. The summed E-state index contributed by atoms with van der Waals surface area (Å²) in [5.74, 6) is -71.4. The number of aryl methyl sites for hydroxylation is 1. The van der Waals surface area contributed by atoms with Gasteiger partial charge in [0.2, 0.25) is 0 Å². The third kappa shape index (κ3) is 18.2. The van der Waals surface area contributed by atoms with E-state index in [1.165, 1.54) is 210 Å². The molecular weight excluding hydrogens is 1170 g/mol. The quantitative estimate of drug-likeness (QED) is 0.0134. The lowest BCUT2D eigenvalue weighted by molar-refractivity contribution is -0.810. The van der Waals surface area contributed by atoms with Crippen molar-refractivity contribution < 1.29 is 92.7 Å². The SMILES string of the molecule is CCCCCCCCCCCCCCCCCCCc1ccc([NH+](C)CCCCCCCCCCCCCC)cc1.Fc1c(F)c(F)c([B-](c2c(F)c(F)c(F)c(F)c2F)(c2c(F)c(F)c(F)c(F)c2F)c2c(F)c(F)c(F)c(F)c2F)c(F)c1F. The Labute approximate surface area is 491 Å². The number of unbranched alkanes of at least 4 members (excludes halogenated alkanes) is 27. The average molecular weight is 1250 g/mol. The maximum Gasteiger partial charge on any atom is 0.200 e. The Morgan fingerprint density at radius 1 is 0.244 bits per heavy atom. The summed E-state index contributed by atoms with van der Waals surface area (Å²) in [5, 5.41) is 0. The van der Waals surface area contributed by atoms with Crippen LogP contribution in [0, 0.1) is 116 Å². The van der Waals surface area contributed by atoms with E-state index >= 15 is 35.1 Å². The van der Waals surface area contributed by atoms with Gasteiger partial charge in [-0.25, -0.2) is 87.8 Å². The normalized spacial score (nSPS) is 12.1. The molecule has 0 aromatic heterocycles. The highest BCUT2D eigenvalue weighted by atomic mass is 19.2. The number of nitrogens with one attached hydrogen (secondary N) is 1. The van der Waals surface area contributed by atoms with E-state index < -0.39 is 144 Å². The zero-order valence-corrected chi connectivity index (χ0v) is 48.9. The average Bonchev–Trinajstić information content (AvgIpc) is 0.699. The van der Waals surface area contributed by atoms with Gasteiger partial charge in [-0.3, -0.25) is 0 Å². The van der Waals surface area contributed by atoms with Crippen molar-refractivity contribution >= 4 is 33.7 Å². The van der Waals surface area contributed by atoms with E-state index in [1.807, 2.05) is 0 Å². The molecule has 1 unspecified atom stereocenters. The summed E-state index contributed by atoms with van der Waals surface area (Å²) >= 11 is 0. The molecule has 86 heavy (non-hydrogen) atoms. The first-order valence-electron chi connectivity index (χ1n) is 30.1. The molecule has 5 aromatic rings. The molecule has 0 saturated heterocycles. The van der Waals surface area contributed by atoms with E-state index in [0.717, 1.165) is 0 Å². The summed E-state index contributed by atoms with van der Waals surface area (Å²) < 4.78 is 294. The zero-order valence-electron chi connectivity index (χ0n) is 48.9. The van der Waals surface area contributed by atoms with Crippen molar-refractivity contribution in [3.63, 3.8) is 0 Å². The molecule has 22 heteroatoms. The standard InChI is InChI=1S/C40H75N.C24BF20/c1-4-6-8-10-12-14-16-18-19-20-21-22-23-25-27-29-31-33-39-34-36-40(37-35-39)41(3)38-32-30-28-26-24-17-15-13-11-9-7-5-2;26-5-1(6(27)14(35)21(42)13(5)34)25(2-7(28)15(36)22(43)16(37)8(2)29,3-9(30)17(38)23(44)18(39)10(3)31)4-11(32)19(40)24(45)20(41)12(4)33/h34-37H,4-33,38H2,1-3H3;/q;-1/p+1. The maximum atomic E-state index is 15.4. The lowest BCUT2D eigenvalue weighted by Crippen LogP contribution is -3.03. The van der Waals surface area contributed by atoms with Crippen LogP contribution in [0.25, 0.3) is 0 Å². The number of quaternary nitrogens is 1. The second kappa shape index (κ2) is 36.3. The first-order chi connectivity index (χ1) is 41.0. The second-order valence-electron chi connectivity index (χ2n) is 22.3. The lowest BCUT2D eigenvalue weighted by atomic mass is 9.12. The van der Waals surface area contributed by atoms with Gasteiger partial charge in [0.1, 0.15) is 58.4 Å². The molecule has 0 aliphatic carbocycles. The summed E-state index contributed by atoms with van der Waals surface area (Å²) in [6, 6.07) is 9.57. The fraction of sp³-hybridized carbons (Fsp3) is 0.531. The Balaban J connectivity index is 0.000000371. The summed E-state index contributed by atoms with van der Waals surface area (Å²) in [7, 11) is 2.35. The van der Waals surface area contributed by atoms with Crippen molar-refractivity contribution in [3.8, 4) is 0 Å². The summed E-state index contributed by atoms with van der Waals surface area (Å²) in [5.41, 5.74) is -11.3. The summed E-state index contributed by atoms with van der Waals surface area (Å²) in [6.07, 6.45) is 35.9. The Morgan fingerprint density at radius 2 is 0.430 bits per heavy atom. The number of hydrogen-bond donors (Lipinski definition) is 1. The molecule has 1 nitrogen and oxygen atoms in total. The molecule has 0 heterocycles. The van der Waals surface area contributed by atoms with Gasteiger partial charge in [-0.15, -0.1) is 21.9 Å². The van der Waals surface area contributed by atoms with Crippen molar-refractivity contribution in [3.05, 3.63) is 146 Å². The van der Waals surface area contributed by atoms with E-state index in [1.54, 1.807) is 4.90 Å². The zero-order chi connectivity index (χ0) is 63.8. The molecule has 5 rings (SSSR count). The molecule has 0 radical (unpaired) electrons. The predicted molar refractivity (Wildman–Crippen MR) is 296 cm³/mol. The van der Waals surface area contributed by atoms with Crippen LogP contribution in [0.4, 0.5) is 93.5 Å². The Hall–Kier alpha value is -5.28. The molecule has 0 aliphatic heterocycles. The van der Waals surface area contributed by atoms with Crippen molar-refractivity contribution in [2.75, 3.05) is 13.6 Å². The molecule has 480 valence electrons. The fourth-order valence-corrected chi connectivity index (χ4v) is 11.3. The maximum absolute atomic E-state index is 15.4. The van der Waals surface area contributed by atoms with Gasteiger partial charge < -0.3 is 4.90 Å². The van der Waals surface area contributed by atoms with Crippen molar-refractivity contribution in [1.29, 1.82) is 0 Å². The van der Waals surface area contributed by atoms with Crippen LogP contribution in [0.1, 0.15) is 206 Å². The topological polar surface area (TPSA) is 4.44 Å². The van der Waals surface area contributed by atoms with Crippen molar-refractivity contribution in [1.82, 2.24) is 0 Å². The summed E-state index contributed by atoms with van der Waals surface area (Å²) in [6.45, 7) is 5.88. The van der Waals surface area contributed by atoms with Crippen LogP contribution in [0.15, 0.2) is 24.3 Å². The Kier molecular flexibility index (Phi) is 30.9. The number of halogens is 20. The minimum Gasteiger partial charge on any atom is -0.305 e. The van der Waals surface area contributed by atoms with E-state index in [0.29, 0.717) is 0 Å². The van der Waals surface area contributed by atoms with Crippen LogP contribution in [-0.2, 0) is 6.42 Å². The highest BCUT2D eigenvalue weighted by Gasteiger charge is 2.52. The highest BCUT2D eigenvalue weighted by Crippen LogP contribution is 2.31. The minimum absolute atomic E-state index is 1.26. The lowest BCUT2D eigenvalue weighted by Gasteiger charge is -2.44. The first-order valence-corrected chi connectivity index (χ1v) is 30.1. The van der Waals surface area contributed by atoms with Gasteiger partial charge >= 0.3 is 0 Å². The van der Waals surface area contributed by atoms with E-state index in [-0.39, 0.29) is 0 Å². The molecule has 0 saturated carbocycles. The van der Waals surface area contributed by atoms with Crippen LogP contribution in [0.3, 0.4) is 0 Å². The predicted octanol–water partition coefficient (Wildman–Crippen LogP) is 18.6. The van der Waals surface area contributed by atoms with Gasteiger partial charge in [0.15, 0.2) is 69.8 Å². The monoisotopic (exact) mass is 1250 g/mol. The van der Waals surface area contributed by atoms with Crippen LogP contribution in [-0.4, -0.2) is 19.7 Å². The van der Waals surface area contributed by atoms with Crippen molar-refractivity contribution in [2.24, 2.45) is 0 Å². The van der Waals surface area contributed by atoms with Gasteiger partial charge in [-0.2, -0.15) is 0 Å². The second-order valence-corrected chi connectivity index (χ2v) is 22.3. The Bertz CT molecular complexity index is 2550. The molecule has 0 aliphatic rings. The molecule has 5 aromatic carbocycles. The van der Waals surface area contributed by atoms with Crippen LogP contribution in [0.2, 0.25) is 0 Å². The largest absolute Gasteiger partial charge is 0.305 e. The highest BCUT2D eigenvalue weighted by molar-refractivity contribution is 7.20. The molecular formula is C64H76BF20N. The van der Waals surface area contributed by atoms with Gasteiger partial charge in [-0.05, 0) is 43.4 Å². The Morgan fingerprint density at radius 3 is 0.651 bits per heavy atom. The fourth-order valence-electron chi connectivity index (χ4n) is 11.3. The van der Waals surface area contributed by atoms with Gasteiger partial charge in [0.25, 0.3) is 0 Å². The minimum atomic E-state index is -7.22. The smallest absolute Gasteiger partial charge is 0.200 e. The van der Waals surface area contributed by atoms with E-state index in [2.05, 4.69) is 45.2 Å². The van der Waals surface area contributed by atoms with Gasteiger partial charge in [0, 0.05) is 0 Å². The van der Waals surface area contributed by atoms with E-state index in [4.69, 9.17) is 0 Å². The first kappa shape index (κ1) is 73.2. The molecule has 0 spiro atoms. The summed E-state index contributed by atoms with van der Waals surface area (Å²) in [4.78, 5) is 1.58. The van der Waals surface area contributed by atoms with Crippen LogP contribution in [0.5, 0.6) is 0 Å². The third-order valence-corrected chi connectivity index (χ3v) is 16.1. The molecule has 0 amide bonds. The van der Waals surface area contributed by atoms with Gasteiger partial charge in [-0.1, -0.05) is 193 Å². The molecule has 1 atom stereocenters. The van der Waals surface area contributed by atoms with E-state index in [9.17, 15) is 52.7 Å². The van der Waals surface area contributed by atoms with Gasteiger partial charge in [0.05, 0.1) is 13.6 Å². The molecule has 1 N–H and O–H groups in total. The molecule has 0 bridgehead atoms. The van der Waals surface area contributed by atoms with Crippen LogP contribution >= 0.6 is 0 Å². The molecule has 0 fully saturated rings. The third-order valence-electron chi connectivity index (χ3n) is 16.1. The number of rotatable bonds is 36. The number of hydrogen-bond acceptors (Lipinski definition) is 0.